The molecule has 0 atom stereocenters. The van der Waals surface area contributed by atoms with Gasteiger partial charge in [0.25, 0.3) is 5.91 Å². The zero-order valence-electron chi connectivity index (χ0n) is 13.7. The third-order valence-electron chi connectivity index (χ3n) is 3.49. The van der Waals surface area contributed by atoms with Crippen LogP contribution in [0.4, 0.5) is 5.69 Å². The van der Waals surface area contributed by atoms with Crippen LogP contribution in [0.1, 0.15) is 30.9 Å². The summed E-state index contributed by atoms with van der Waals surface area (Å²) < 4.78 is 5.89. The van der Waals surface area contributed by atoms with Crippen LogP contribution in [-0.2, 0) is 20.7 Å². The van der Waals surface area contributed by atoms with E-state index in [9.17, 15) is 9.59 Å². The second-order valence-corrected chi connectivity index (χ2v) is 6.61. The molecule has 2 aromatic rings. The van der Waals surface area contributed by atoms with Crippen molar-refractivity contribution in [2.45, 2.75) is 26.2 Å². The molecular formula is C19H20BrNO3. The van der Waals surface area contributed by atoms with Crippen molar-refractivity contribution < 1.29 is 14.3 Å². The van der Waals surface area contributed by atoms with Gasteiger partial charge in [-0.05, 0) is 35.2 Å². The second kappa shape index (κ2) is 8.64. The minimum atomic E-state index is -0.437. The molecular weight excluding hydrogens is 370 g/mol. The fourth-order valence-corrected chi connectivity index (χ4v) is 2.59. The van der Waals surface area contributed by atoms with Gasteiger partial charge in [0.15, 0.2) is 6.61 Å². The number of halogens is 1. The number of esters is 1. The first-order chi connectivity index (χ1) is 11.5. The van der Waals surface area contributed by atoms with Crippen molar-refractivity contribution in [3.05, 3.63) is 64.1 Å². The highest BCUT2D eigenvalue weighted by atomic mass is 79.9. The Morgan fingerprint density at radius 2 is 1.88 bits per heavy atom. The molecule has 0 aliphatic rings. The maximum atomic E-state index is 11.9. The Kier molecular flexibility index (Phi) is 6.55. The van der Waals surface area contributed by atoms with Gasteiger partial charge in [0.05, 0.1) is 6.42 Å². The Bertz CT molecular complexity index is 728. The summed E-state index contributed by atoms with van der Waals surface area (Å²) in [5, 5.41) is 2.74. The predicted octanol–water partition coefficient (Wildman–Crippen LogP) is 4.30. The van der Waals surface area contributed by atoms with Gasteiger partial charge in [-0.2, -0.15) is 0 Å². The lowest BCUT2D eigenvalue weighted by Crippen LogP contribution is -2.21. The number of amides is 1. The van der Waals surface area contributed by atoms with Crippen LogP contribution in [0, 0.1) is 0 Å². The monoisotopic (exact) mass is 389 g/mol. The Morgan fingerprint density at radius 3 is 2.58 bits per heavy atom. The van der Waals surface area contributed by atoms with E-state index in [1.807, 2.05) is 48.5 Å². The van der Waals surface area contributed by atoms with Gasteiger partial charge in [0.2, 0.25) is 0 Å². The highest BCUT2D eigenvalue weighted by molar-refractivity contribution is 9.10. The normalized spacial score (nSPS) is 10.5. The third kappa shape index (κ3) is 5.49. The summed E-state index contributed by atoms with van der Waals surface area (Å²) in [5.74, 6) is -0.409. The van der Waals surface area contributed by atoms with Crippen molar-refractivity contribution in [2.24, 2.45) is 0 Å². The molecule has 0 saturated heterocycles. The molecule has 1 N–H and O–H groups in total. The average Bonchev–Trinajstić information content (AvgIpc) is 2.55. The summed E-state index contributed by atoms with van der Waals surface area (Å²) in [6.45, 7) is 3.88. The molecule has 126 valence electrons. The summed E-state index contributed by atoms with van der Waals surface area (Å²) in [4.78, 5) is 23.8. The van der Waals surface area contributed by atoms with E-state index in [1.165, 1.54) is 0 Å². The summed E-state index contributed by atoms with van der Waals surface area (Å²) in [6, 6.07) is 15.1. The molecule has 0 aliphatic carbocycles. The maximum absolute atomic E-state index is 11.9. The van der Waals surface area contributed by atoms with Crippen molar-refractivity contribution >= 4 is 33.5 Å². The number of anilines is 1. The molecule has 0 aliphatic heterocycles. The van der Waals surface area contributed by atoms with Gasteiger partial charge in [0.1, 0.15) is 0 Å². The van der Waals surface area contributed by atoms with Gasteiger partial charge in [-0.3, -0.25) is 9.59 Å². The first kappa shape index (κ1) is 18.2. The van der Waals surface area contributed by atoms with Gasteiger partial charge in [-0.1, -0.05) is 60.1 Å². The molecule has 0 heterocycles. The standard InChI is InChI=1S/C19H20BrNO3/c1-13(2)14-7-5-8-16(10-14)21-18(22)12-24-19(23)11-15-6-3-4-9-17(15)20/h3-10,13H,11-12H2,1-2H3,(H,21,22). The Hall–Kier alpha value is -2.14. The van der Waals surface area contributed by atoms with Gasteiger partial charge in [-0.25, -0.2) is 0 Å². The molecule has 2 aromatic carbocycles. The number of ether oxygens (including phenoxy) is 1. The van der Waals surface area contributed by atoms with Gasteiger partial charge in [0, 0.05) is 10.2 Å². The SMILES string of the molecule is CC(C)c1cccc(NC(=O)COC(=O)Cc2ccccc2Br)c1. The minimum Gasteiger partial charge on any atom is -0.455 e. The van der Waals surface area contributed by atoms with Gasteiger partial charge < -0.3 is 10.1 Å². The average molecular weight is 390 g/mol. The lowest BCUT2D eigenvalue weighted by atomic mass is 10.0. The number of benzene rings is 2. The van der Waals surface area contributed by atoms with E-state index in [1.54, 1.807) is 0 Å². The van der Waals surface area contributed by atoms with E-state index in [0.29, 0.717) is 11.6 Å². The van der Waals surface area contributed by atoms with E-state index in [2.05, 4.69) is 35.1 Å². The lowest BCUT2D eigenvalue weighted by Gasteiger charge is -2.10. The molecule has 0 aromatic heterocycles. The Labute approximate surface area is 150 Å². The first-order valence-electron chi connectivity index (χ1n) is 7.74. The Balaban J connectivity index is 1.84. The molecule has 5 heteroatoms. The van der Waals surface area contributed by atoms with Crippen molar-refractivity contribution in [3.63, 3.8) is 0 Å². The van der Waals surface area contributed by atoms with E-state index in [4.69, 9.17) is 4.74 Å². The number of rotatable bonds is 6. The lowest BCUT2D eigenvalue weighted by molar-refractivity contribution is -0.146. The molecule has 1 amide bonds. The van der Waals surface area contributed by atoms with Gasteiger partial charge in [-0.15, -0.1) is 0 Å². The van der Waals surface area contributed by atoms with Crippen LogP contribution in [0.15, 0.2) is 53.0 Å². The molecule has 0 unspecified atom stereocenters. The Morgan fingerprint density at radius 1 is 1.12 bits per heavy atom. The van der Waals surface area contributed by atoms with E-state index >= 15 is 0 Å². The van der Waals surface area contributed by atoms with Crippen LogP contribution in [0.3, 0.4) is 0 Å². The molecule has 0 fully saturated rings. The summed E-state index contributed by atoms with van der Waals surface area (Å²) in [5.41, 5.74) is 2.67. The maximum Gasteiger partial charge on any atom is 0.310 e. The topological polar surface area (TPSA) is 55.4 Å². The molecule has 24 heavy (non-hydrogen) atoms. The van der Waals surface area contributed by atoms with Crippen LogP contribution >= 0.6 is 15.9 Å². The van der Waals surface area contributed by atoms with Crippen LogP contribution in [0.2, 0.25) is 0 Å². The quantitative estimate of drug-likeness (QED) is 0.749. The van der Waals surface area contributed by atoms with Crippen molar-refractivity contribution in [2.75, 3.05) is 11.9 Å². The summed E-state index contributed by atoms with van der Waals surface area (Å²) in [6.07, 6.45) is 0.123. The van der Waals surface area contributed by atoms with Crippen molar-refractivity contribution in [3.8, 4) is 0 Å². The largest absolute Gasteiger partial charge is 0.455 e. The molecule has 0 saturated carbocycles. The van der Waals surface area contributed by atoms with Gasteiger partial charge >= 0.3 is 5.97 Å². The van der Waals surface area contributed by atoms with E-state index < -0.39 is 5.97 Å². The van der Waals surface area contributed by atoms with E-state index in [0.717, 1.165) is 15.6 Å². The van der Waals surface area contributed by atoms with Crippen LogP contribution in [-0.4, -0.2) is 18.5 Å². The fraction of sp³-hybridized carbons (Fsp3) is 0.263. The molecule has 0 spiro atoms. The summed E-state index contributed by atoms with van der Waals surface area (Å²) >= 11 is 3.38. The molecule has 0 bridgehead atoms. The molecule has 4 nitrogen and oxygen atoms in total. The summed E-state index contributed by atoms with van der Waals surface area (Å²) in [7, 11) is 0. The minimum absolute atomic E-state index is 0.123. The number of hydrogen-bond acceptors (Lipinski definition) is 3. The zero-order chi connectivity index (χ0) is 17.5. The second-order valence-electron chi connectivity index (χ2n) is 5.76. The van der Waals surface area contributed by atoms with Crippen molar-refractivity contribution in [1.82, 2.24) is 0 Å². The first-order valence-corrected chi connectivity index (χ1v) is 8.54. The number of carbonyl (C=O) groups is 2. The van der Waals surface area contributed by atoms with Crippen molar-refractivity contribution in [1.29, 1.82) is 0 Å². The van der Waals surface area contributed by atoms with E-state index in [-0.39, 0.29) is 18.9 Å². The number of hydrogen-bond donors (Lipinski definition) is 1. The van der Waals surface area contributed by atoms with Crippen LogP contribution in [0.25, 0.3) is 0 Å². The third-order valence-corrected chi connectivity index (χ3v) is 4.27. The number of nitrogens with one attached hydrogen (secondary N) is 1. The highest BCUT2D eigenvalue weighted by Gasteiger charge is 2.11. The number of carbonyl (C=O) groups excluding carboxylic acids is 2. The molecule has 0 radical (unpaired) electrons. The fourth-order valence-electron chi connectivity index (χ4n) is 2.17. The smallest absolute Gasteiger partial charge is 0.310 e. The highest BCUT2D eigenvalue weighted by Crippen LogP contribution is 2.19. The zero-order valence-corrected chi connectivity index (χ0v) is 15.3. The van der Waals surface area contributed by atoms with Crippen LogP contribution in [0.5, 0.6) is 0 Å². The molecule has 2 rings (SSSR count). The van der Waals surface area contributed by atoms with Crippen LogP contribution < -0.4 is 5.32 Å². The predicted molar refractivity (Wildman–Crippen MR) is 98.0 cm³/mol.